The number of rotatable bonds is 4. The number of aromatic nitrogens is 1. The summed E-state index contributed by atoms with van der Waals surface area (Å²) in [5.74, 6) is -0.186. The minimum atomic E-state index is -0.655. The minimum absolute atomic E-state index is 0.186. The van der Waals surface area contributed by atoms with Gasteiger partial charge >= 0.3 is 0 Å². The monoisotopic (exact) mass is 242 g/mol. The van der Waals surface area contributed by atoms with Crippen LogP contribution in [0.5, 0.6) is 0 Å². The summed E-state index contributed by atoms with van der Waals surface area (Å²) in [5.41, 5.74) is 7.37. The molecule has 0 saturated heterocycles. The van der Waals surface area contributed by atoms with Crippen molar-refractivity contribution in [3.05, 3.63) is 59.9 Å². The SMILES string of the molecule is COC(C(=O)c1cnccc1N)c1ccccc1. The largest absolute Gasteiger partial charge is 0.398 e. The molecule has 92 valence electrons. The molecule has 0 aliphatic heterocycles. The Morgan fingerprint density at radius 3 is 2.61 bits per heavy atom. The molecule has 1 unspecified atom stereocenters. The normalized spacial score (nSPS) is 12.1. The third kappa shape index (κ3) is 2.38. The van der Waals surface area contributed by atoms with Crippen LogP contribution in [0.1, 0.15) is 22.0 Å². The van der Waals surface area contributed by atoms with E-state index >= 15 is 0 Å². The van der Waals surface area contributed by atoms with E-state index < -0.39 is 6.10 Å². The highest BCUT2D eigenvalue weighted by Crippen LogP contribution is 2.23. The van der Waals surface area contributed by atoms with E-state index in [1.54, 1.807) is 12.3 Å². The van der Waals surface area contributed by atoms with E-state index in [1.807, 2.05) is 30.3 Å². The van der Waals surface area contributed by atoms with Gasteiger partial charge in [0, 0.05) is 25.2 Å². The smallest absolute Gasteiger partial charge is 0.199 e. The molecule has 0 amide bonds. The minimum Gasteiger partial charge on any atom is -0.398 e. The number of nitrogens with zero attached hydrogens (tertiary/aromatic N) is 1. The van der Waals surface area contributed by atoms with Crippen molar-refractivity contribution in [3.8, 4) is 0 Å². The second-order valence-electron chi connectivity index (χ2n) is 3.85. The molecule has 2 rings (SSSR count). The number of pyridine rings is 1. The third-order valence-corrected chi connectivity index (χ3v) is 2.70. The van der Waals surface area contributed by atoms with Crippen LogP contribution in [0, 0.1) is 0 Å². The zero-order valence-electron chi connectivity index (χ0n) is 10.0. The van der Waals surface area contributed by atoms with Crippen LogP contribution in [0.3, 0.4) is 0 Å². The molecule has 18 heavy (non-hydrogen) atoms. The number of ether oxygens (including phenoxy) is 1. The zero-order chi connectivity index (χ0) is 13.0. The number of nitrogens with two attached hydrogens (primary N) is 1. The summed E-state index contributed by atoms with van der Waals surface area (Å²) in [6.45, 7) is 0. The predicted molar refractivity (Wildman–Crippen MR) is 69.2 cm³/mol. The fourth-order valence-corrected chi connectivity index (χ4v) is 1.77. The molecule has 0 saturated carbocycles. The second-order valence-corrected chi connectivity index (χ2v) is 3.85. The van der Waals surface area contributed by atoms with E-state index in [9.17, 15) is 4.79 Å². The van der Waals surface area contributed by atoms with Crippen LogP contribution >= 0.6 is 0 Å². The fraction of sp³-hybridized carbons (Fsp3) is 0.143. The van der Waals surface area contributed by atoms with Gasteiger partial charge in [-0.15, -0.1) is 0 Å². The first-order valence-corrected chi connectivity index (χ1v) is 5.55. The number of anilines is 1. The lowest BCUT2D eigenvalue weighted by molar-refractivity contribution is 0.0605. The van der Waals surface area contributed by atoms with Gasteiger partial charge in [-0.1, -0.05) is 30.3 Å². The summed E-state index contributed by atoms with van der Waals surface area (Å²) in [6, 6.07) is 10.9. The van der Waals surface area contributed by atoms with E-state index in [1.165, 1.54) is 13.3 Å². The van der Waals surface area contributed by atoms with Crippen LogP contribution in [0.2, 0.25) is 0 Å². The molecule has 1 aromatic heterocycles. The van der Waals surface area contributed by atoms with Crippen molar-refractivity contribution in [3.63, 3.8) is 0 Å². The molecule has 1 heterocycles. The van der Waals surface area contributed by atoms with Crippen molar-refractivity contribution in [1.82, 2.24) is 4.98 Å². The summed E-state index contributed by atoms with van der Waals surface area (Å²) >= 11 is 0. The Balaban J connectivity index is 2.35. The number of carbonyl (C=O) groups is 1. The third-order valence-electron chi connectivity index (χ3n) is 2.70. The van der Waals surface area contributed by atoms with Crippen LogP contribution in [-0.4, -0.2) is 17.9 Å². The van der Waals surface area contributed by atoms with Crippen molar-refractivity contribution in [2.45, 2.75) is 6.10 Å². The van der Waals surface area contributed by atoms with Gasteiger partial charge in [-0.2, -0.15) is 0 Å². The summed E-state index contributed by atoms with van der Waals surface area (Å²) in [7, 11) is 1.50. The molecule has 0 radical (unpaired) electrons. The Bertz CT molecular complexity index is 541. The first-order valence-electron chi connectivity index (χ1n) is 5.55. The van der Waals surface area contributed by atoms with Gasteiger partial charge in [0.05, 0.1) is 5.56 Å². The average Bonchev–Trinajstić information content (AvgIpc) is 2.41. The lowest BCUT2D eigenvalue weighted by atomic mass is 10.00. The molecule has 4 heteroatoms. The first-order chi connectivity index (χ1) is 8.74. The molecular weight excluding hydrogens is 228 g/mol. The number of carbonyl (C=O) groups excluding carboxylic acids is 1. The number of hydrogen-bond donors (Lipinski definition) is 1. The Labute approximate surface area is 105 Å². The average molecular weight is 242 g/mol. The van der Waals surface area contributed by atoms with Crippen LogP contribution in [0.15, 0.2) is 48.8 Å². The summed E-state index contributed by atoms with van der Waals surface area (Å²) in [4.78, 5) is 16.3. The Hall–Kier alpha value is -2.20. The molecule has 0 fully saturated rings. The van der Waals surface area contributed by atoms with E-state index in [4.69, 9.17) is 10.5 Å². The van der Waals surface area contributed by atoms with Crippen molar-refractivity contribution in [2.24, 2.45) is 0 Å². The molecular formula is C14H14N2O2. The van der Waals surface area contributed by atoms with Crippen LogP contribution in [0.4, 0.5) is 5.69 Å². The highest BCUT2D eigenvalue weighted by molar-refractivity contribution is 6.03. The standard InChI is InChI=1S/C14H14N2O2/c1-18-14(10-5-3-2-4-6-10)13(17)11-9-16-8-7-12(11)15/h2-9,14H,1H3,(H2,15,16). The van der Waals surface area contributed by atoms with E-state index in [0.717, 1.165) is 5.56 Å². The number of hydrogen-bond acceptors (Lipinski definition) is 4. The maximum Gasteiger partial charge on any atom is 0.199 e. The number of Topliss-reactive ketones (excluding diaryl/α,β-unsaturated/α-hetero) is 1. The van der Waals surface area contributed by atoms with Gasteiger partial charge in [0.25, 0.3) is 0 Å². The van der Waals surface area contributed by atoms with Crippen LogP contribution in [-0.2, 0) is 4.74 Å². The quantitative estimate of drug-likeness (QED) is 0.835. The van der Waals surface area contributed by atoms with Gasteiger partial charge in [-0.05, 0) is 11.6 Å². The number of ketones is 1. The van der Waals surface area contributed by atoms with Crippen LogP contribution < -0.4 is 5.73 Å². The van der Waals surface area contributed by atoms with Crippen molar-refractivity contribution >= 4 is 11.5 Å². The van der Waals surface area contributed by atoms with Gasteiger partial charge in [-0.25, -0.2) is 0 Å². The van der Waals surface area contributed by atoms with Crippen molar-refractivity contribution in [2.75, 3.05) is 12.8 Å². The lowest BCUT2D eigenvalue weighted by Crippen LogP contribution is -2.16. The maximum absolute atomic E-state index is 12.4. The Kier molecular flexibility index (Phi) is 3.69. The van der Waals surface area contributed by atoms with Gasteiger partial charge < -0.3 is 10.5 Å². The molecule has 0 aliphatic rings. The van der Waals surface area contributed by atoms with E-state index in [2.05, 4.69) is 4.98 Å². The van der Waals surface area contributed by atoms with Gasteiger partial charge in [0.1, 0.15) is 6.10 Å². The van der Waals surface area contributed by atoms with Crippen LogP contribution in [0.25, 0.3) is 0 Å². The number of benzene rings is 1. The number of methoxy groups -OCH3 is 1. The molecule has 2 N–H and O–H groups in total. The van der Waals surface area contributed by atoms with E-state index in [0.29, 0.717) is 11.3 Å². The molecule has 1 atom stereocenters. The Morgan fingerprint density at radius 1 is 1.28 bits per heavy atom. The summed E-state index contributed by atoms with van der Waals surface area (Å²) in [5, 5.41) is 0. The molecule has 0 spiro atoms. The van der Waals surface area contributed by atoms with Gasteiger partial charge in [-0.3, -0.25) is 9.78 Å². The highest BCUT2D eigenvalue weighted by atomic mass is 16.5. The lowest BCUT2D eigenvalue weighted by Gasteiger charge is -2.15. The van der Waals surface area contributed by atoms with Gasteiger partial charge in [0.15, 0.2) is 5.78 Å². The molecule has 2 aromatic rings. The van der Waals surface area contributed by atoms with E-state index in [-0.39, 0.29) is 5.78 Å². The predicted octanol–water partition coefficient (Wildman–Crippen LogP) is 2.23. The number of nitrogen functional groups attached to an aromatic ring is 1. The highest BCUT2D eigenvalue weighted by Gasteiger charge is 2.23. The second kappa shape index (κ2) is 5.42. The molecule has 1 aromatic carbocycles. The summed E-state index contributed by atoms with van der Waals surface area (Å²) < 4.78 is 5.27. The first kappa shape index (κ1) is 12.3. The zero-order valence-corrected chi connectivity index (χ0v) is 10.0. The summed E-state index contributed by atoms with van der Waals surface area (Å²) in [6.07, 6.45) is 2.36. The van der Waals surface area contributed by atoms with Crippen molar-refractivity contribution in [1.29, 1.82) is 0 Å². The Morgan fingerprint density at radius 2 is 2.00 bits per heavy atom. The topological polar surface area (TPSA) is 65.2 Å². The fourth-order valence-electron chi connectivity index (χ4n) is 1.77. The van der Waals surface area contributed by atoms with Crippen molar-refractivity contribution < 1.29 is 9.53 Å². The molecule has 0 aliphatic carbocycles. The molecule has 0 bridgehead atoms. The molecule has 4 nitrogen and oxygen atoms in total. The maximum atomic E-state index is 12.4. The van der Waals surface area contributed by atoms with Gasteiger partial charge in [0.2, 0.25) is 0 Å².